The van der Waals surface area contributed by atoms with Crippen LogP contribution in [0.25, 0.3) is 0 Å². The quantitative estimate of drug-likeness (QED) is 0.507. The standard InChI is InChI=1S/C13H14N2O8S/c14-9-8(12(18)19)5-15(10(9)13(20)21)24(22,23)7-3-1-2-6(4-7)11(16)17/h1-4,8-10H,5,14H2,(H,16,17)(H,18,19)(H,20,21)/t8-,9?,10-/m0/s1. The fourth-order valence-corrected chi connectivity index (χ4v) is 4.23. The van der Waals surface area contributed by atoms with Gasteiger partial charge in [-0.3, -0.25) is 9.59 Å². The van der Waals surface area contributed by atoms with Crippen molar-refractivity contribution in [3.8, 4) is 0 Å². The number of nitrogens with zero attached hydrogens (tertiary/aromatic N) is 1. The fraction of sp³-hybridized carbons (Fsp3) is 0.308. The molecular formula is C13H14N2O8S. The van der Waals surface area contributed by atoms with Gasteiger partial charge >= 0.3 is 17.9 Å². The molecule has 1 fully saturated rings. The van der Waals surface area contributed by atoms with Crippen molar-refractivity contribution in [1.29, 1.82) is 0 Å². The number of aliphatic carboxylic acids is 2. The van der Waals surface area contributed by atoms with Gasteiger partial charge in [0.2, 0.25) is 10.0 Å². The first-order valence-corrected chi connectivity index (χ1v) is 8.07. The first-order chi connectivity index (χ1) is 11.1. The Bertz CT molecular complexity index is 806. The molecule has 1 saturated heterocycles. The molecule has 2 rings (SSSR count). The van der Waals surface area contributed by atoms with Gasteiger partial charge in [0.25, 0.3) is 0 Å². The van der Waals surface area contributed by atoms with E-state index in [1.165, 1.54) is 12.1 Å². The van der Waals surface area contributed by atoms with Crippen LogP contribution in [-0.4, -0.2) is 64.6 Å². The number of carboxylic acid groups (broad SMARTS) is 3. The SMILES string of the molecule is NC1[C@@H](C(=O)O)CN(S(=O)(=O)c2cccc(C(=O)O)c2)[C@@H]1C(=O)O. The van der Waals surface area contributed by atoms with Gasteiger partial charge in [-0.1, -0.05) is 6.07 Å². The summed E-state index contributed by atoms with van der Waals surface area (Å²) in [4.78, 5) is 33.0. The van der Waals surface area contributed by atoms with Crippen LogP contribution in [0.2, 0.25) is 0 Å². The maximum absolute atomic E-state index is 12.7. The highest BCUT2D eigenvalue weighted by molar-refractivity contribution is 7.89. The van der Waals surface area contributed by atoms with Crippen LogP contribution in [0.1, 0.15) is 10.4 Å². The van der Waals surface area contributed by atoms with Crippen molar-refractivity contribution >= 4 is 27.9 Å². The van der Waals surface area contributed by atoms with Gasteiger partial charge in [-0.2, -0.15) is 4.31 Å². The minimum absolute atomic E-state index is 0.304. The van der Waals surface area contributed by atoms with Gasteiger partial charge in [-0.25, -0.2) is 13.2 Å². The summed E-state index contributed by atoms with van der Waals surface area (Å²) >= 11 is 0. The third kappa shape index (κ3) is 2.96. The van der Waals surface area contributed by atoms with Crippen molar-refractivity contribution in [2.75, 3.05) is 6.54 Å². The van der Waals surface area contributed by atoms with E-state index >= 15 is 0 Å². The van der Waals surface area contributed by atoms with Crippen molar-refractivity contribution in [1.82, 2.24) is 4.31 Å². The van der Waals surface area contributed by atoms with Gasteiger partial charge in [-0.15, -0.1) is 0 Å². The van der Waals surface area contributed by atoms with Crippen molar-refractivity contribution in [3.63, 3.8) is 0 Å². The summed E-state index contributed by atoms with van der Waals surface area (Å²) in [6.45, 7) is -0.618. The molecule has 0 spiro atoms. The number of benzene rings is 1. The molecule has 1 aliphatic rings. The highest BCUT2D eigenvalue weighted by Crippen LogP contribution is 2.30. The molecule has 1 aromatic rings. The lowest BCUT2D eigenvalue weighted by molar-refractivity contribution is -0.142. The number of aromatic carboxylic acids is 1. The summed E-state index contributed by atoms with van der Waals surface area (Å²) in [5, 5.41) is 27.3. The molecule has 1 aromatic carbocycles. The monoisotopic (exact) mass is 358 g/mol. The Kier molecular flexibility index (Phi) is 4.60. The number of sulfonamides is 1. The minimum Gasteiger partial charge on any atom is -0.481 e. The topological polar surface area (TPSA) is 175 Å². The molecule has 0 amide bonds. The first-order valence-electron chi connectivity index (χ1n) is 6.63. The zero-order chi connectivity index (χ0) is 18.2. The summed E-state index contributed by atoms with van der Waals surface area (Å²) in [6, 6.07) is 1.14. The maximum Gasteiger partial charge on any atom is 0.335 e. The van der Waals surface area contributed by atoms with Gasteiger partial charge in [-0.05, 0) is 18.2 Å². The second-order valence-electron chi connectivity index (χ2n) is 5.21. The Balaban J connectivity index is 2.51. The van der Waals surface area contributed by atoms with Crippen LogP contribution in [-0.2, 0) is 19.6 Å². The van der Waals surface area contributed by atoms with E-state index in [0.717, 1.165) is 12.1 Å². The lowest BCUT2D eigenvalue weighted by Gasteiger charge is -2.22. The Morgan fingerprint density at radius 1 is 1.12 bits per heavy atom. The molecule has 3 atom stereocenters. The van der Waals surface area contributed by atoms with E-state index < -0.39 is 57.4 Å². The second-order valence-corrected chi connectivity index (χ2v) is 7.10. The lowest BCUT2D eigenvalue weighted by Crippen LogP contribution is -2.49. The predicted molar refractivity (Wildman–Crippen MR) is 77.8 cm³/mol. The van der Waals surface area contributed by atoms with E-state index in [4.69, 9.17) is 15.9 Å². The van der Waals surface area contributed by atoms with Gasteiger partial charge in [0.1, 0.15) is 6.04 Å². The van der Waals surface area contributed by atoms with Crippen LogP contribution >= 0.6 is 0 Å². The summed E-state index contributed by atoms with van der Waals surface area (Å²) in [6.07, 6.45) is 0. The minimum atomic E-state index is -4.44. The van der Waals surface area contributed by atoms with Gasteiger partial charge in [0.05, 0.1) is 16.4 Å². The fourth-order valence-electron chi connectivity index (χ4n) is 2.54. The van der Waals surface area contributed by atoms with Crippen molar-refractivity contribution in [2.45, 2.75) is 17.0 Å². The van der Waals surface area contributed by atoms with Crippen molar-refractivity contribution in [3.05, 3.63) is 29.8 Å². The van der Waals surface area contributed by atoms with Crippen LogP contribution < -0.4 is 5.73 Å². The molecule has 24 heavy (non-hydrogen) atoms. The van der Waals surface area contributed by atoms with E-state index in [9.17, 15) is 27.9 Å². The molecule has 1 heterocycles. The molecule has 0 saturated carbocycles. The lowest BCUT2D eigenvalue weighted by atomic mass is 10.0. The van der Waals surface area contributed by atoms with E-state index in [1.807, 2.05) is 0 Å². The van der Waals surface area contributed by atoms with Crippen molar-refractivity contribution in [2.24, 2.45) is 11.7 Å². The smallest absolute Gasteiger partial charge is 0.335 e. The van der Waals surface area contributed by atoms with Gasteiger partial charge in [0, 0.05) is 12.6 Å². The Morgan fingerprint density at radius 2 is 1.75 bits per heavy atom. The largest absolute Gasteiger partial charge is 0.481 e. The molecule has 10 nitrogen and oxygen atoms in total. The predicted octanol–water partition coefficient (Wildman–Crippen LogP) is -1.13. The van der Waals surface area contributed by atoms with E-state index in [1.54, 1.807) is 0 Å². The highest BCUT2D eigenvalue weighted by Gasteiger charge is 2.52. The number of hydrogen-bond acceptors (Lipinski definition) is 6. The number of carboxylic acids is 3. The van der Waals surface area contributed by atoms with Crippen LogP contribution in [0.4, 0.5) is 0 Å². The first kappa shape index (κ1) is 17.8. The van der Waals surface area contributed by atoms with E-state index in [0.29, 0.717) is 4.31 Å². The molecule has 1 unspecified atom stereocenters. The summed E-state index contributed by atoms with van der Waals surface area (Å²) < 4.78 is 25.8. The Hall–Kier alpha value is -2.50. The number of carbonyl (C=O) groups is 3. The molecule has 0 aromatic heterocycles. The molecule has 11 heteroatoms. The number of rotatable bonds is 5. The summed E-state index contributed by atoms with van der Waals surface area (Å²) in [5.41, 5.74) is 5.30. The maximum atomic E-state index is 12.7. The highest BCUT2D eigenvalue weighted by atomic mass is 32.2. The van der Waals surface area contributed by atoms with E-state index in [-0.39, 0.29) is 5.56 Å². The van der Waals surface area contributed by atoms with Gasteiger partial charge in [0.15, 0.2) is 0 Å². The third-order valence-electron chi connectivity index (χ3n) is 3.77. The normalized spacial score (nSPS) is 24.6. The third-order valence-corrected chi connectivity index (χ3v) is 5.62. The number of nitrogens with two attached hydrogens (primary N) is 1. The van der Waals surface area contributed by atoms with Crippen LogP contribution in [0.5, 0.6) is 0 Å². The van der Waals surface area contributed by atoms with Crippen LogP contribution in [0, 0.1) is 5.92 Å². The number of hydrogen-bond donors (Lipinski definition) is 4. The second kappa shape index (κ2) is 6.19. The molecule has 5 N–H and O–H groups in total. The van der Waals surface area contributed by atoms with Crippen LogP contribution in [0.3, 0.4) is 0 Å². The molecule has 0 aliphatic carbocycles. The van der Waals surface area contributed by atoms with Crippen LogP contribution in [0.15, 0.2) is 29.2 Å². The molecule has 0 radical (unpaired) electrons. The van der Waals surface area contributed by atoms with E-state index in [2.05, 4.69) is 0 Å². The molecule has 130 valence electrons. The average molecular weight is 358 g/mol. The Morgan fingerprint density at radius 3 is 2.25 bits per heavy atom. The summed E-state index contributed by atoms with van der Waals surface area (Å²) in [7, 11) is -4.44. The summed E-state index contributed by atoms with van der Waals surface area (Å²) in [5.74, 6) is -5.73. The Labute approximate surface area is 136 Å². The molecule has 1 aliphatic heterocycles. The zero-order valence-corrected chi connectivity index (χ0v) is 12.9. The van der Waals surface area contributed by atoms with Gasteiger partial charge < -0.3 is 21.1 Å². The van der Waals surface area contributed by atoms with Crippen molar-refractivity contribution < 1.29 is 38.1 Å². The molecule has 0 bridgehead atoms. The average Bonchev–Trinajstić information content (AvgIpc) is 2.85. The molecular weight excluding hydrogens is 344 g/mol. The zero-order valence-electron chi connectivity index (χ0n) is 12.1.